The molecule has 1 aromatic carbocycles. The fraction of sp³-hybridized carbons (Fsp3) is 0.444. The molecule has 3 aromatic rings. The van der Waals surface area contributed by atoms with Crippen LogP contribution in [0.1, 0.15) is 29.1 Å². The van der Waals surface area contributed by atoms with E-state index >= 15 is 0 Å². The molecule has 0 saturated carbocycles. The van der Waals surface area contributed by atoms with Crippen LogP contribution in [-0.2, 0) is 6.54 Å². The van der Waals surface area contributed by atoms with E-state index < -0.39 is 0 Å². The Morgan fingerprint density at radius 2 is 1.84 bits per heavy atom. The van der Waals surface area contributed by atoms with Crippen LogP contribution in [0.4, 0.5) is 0 Å². The van der Waals surface area contributed by atoms with Crippen molar-refractivity contribution < 1.29 is 4.52 Å². The molecule has 1 aliphatic heterocycles. The summed E-state index contributed by atoms with van der Waals surface area (Å²) < 4.78 is 5.40. The second-order valence-electron chi connectivity index (χ2n) is 6.66. The van der Waals surface area contributed by atoms with E-state index in [-0.39, 0.29) is 6.04 Å². The normalized spacial score (nSPS) is 19.6. The lowest BCUT2D eigenvalue weighted by Gasteiger charge is -2.37. The summed E-state index contributed by atoms with van der Waals surface area (Å²) in [5, 5.41) is 3.93. The molecule has 0 spiro atoms. The van der Waals surface area contributed by atoms with E-state index in [0.717, 1.165) is 48.6 Å². The molecular formula is C18H22N6O. The number of aromatic nitrogens is 4. The fourth-order valence-corrected chi connectivity index (χ4v) is 3.28. The predicted octanol–water partition coefficient (Wildman–Crippen LogP) is 2.12. The van der Waals surface area contributed by atoms with E-state index in [1.54, 1.807) is 0 Å². The highest BCUT2D eigenvalue weighted by atomic mass is 16.5. The Kier molecular flexibility index (Phi) is 4.19. The molecular weight excluding hydrogens is 316 g/mol. The van der Waals surface area contributed by atoms with Gasteiger partial charge in [-0.15, -0.1) is 0 Å². The van der Waals surface area contributed by atoms with Crippen molar-refractivity contribution in [2.24, 2.45) is 0 Å². The van der Waals surface area contributed by atoms with Gasteiger partial charge in [0.15, 0.2) is 5.82 Å². The monoisotopic (exact) mass is 338 g/mol. The maximum atomic E-state index is 5.40. The zero-order valence-electron chi connectivity index (χ0n) is 14.8. The molecule has 0 aliphatic carbocycles. The highest BCUT2D eigenvalue weighted by molar-refractivity contribution is 5.74. The summed E-state index contributed by atoms with van der Waals surface area (Å²) in [7, 11) is 2.10. The van der Waals surface area contributed by atoms with Gasteiger partial charge < -0.3 is 4.52 Å². The van der Waals surface area contributed by atoms with Crippen molar-refractivity contribution in [3.63, 3.8) is 0 Å². The van der Waals surface area contributed by atoms with Crippen molar-refractivity contribution >= 4 is 11.0 Å². The summed E-state index contributed by atoms with van der Waals surface area (Å²) in [6.07, 6.45) is 0. The molecule has 25 heavy (non-hydrogen) atoms. The summed E-state index contributed by atoms with van der Waals surface area (Å²) in [6.45, 7) is 7.43. The molecule has 0 bridgehead atoms. The second kappa shape index (κ2) is 6.50. The van der Waals surface area contributed by atoms with Crippen LogP contribution in [0.5, 0.6) is 0 Å². The largest absolute Gasteiger partial charge is 0.338 e. The summed E-state index contributed by atoms with van der Waals surface area (Å²) in [4.78, 5) is 18.6. The van der Waals surface area contributed by atoms with E-state index in [0.29, 0.717) is 11.7 Å². The number of aryl methyl sites for hydroxylation is 2. The third-order valence-electron chi connectivity index (χ3n) is 4.78. The van der Waals surface area contributed by atoms with Gasteiger partial charge in [0.1, 0.15) is 6.04 Å². The van der Waals surface area contributed by atoms with Crippen LogP contribution in [0, 0.1) is 13.8 Å². The van der Waals surface area contributed by atoms with Gasteiger partial charge in [-0.3, -0.25) is 9.80 Å². The zero-order valence-corrected chi connectivity index (χ0v) is 14.8. The fourth-order valence-electron chi connectivity index (χ4n) is 3.28. The van der Waals surface area contributed by atoms with Gasteiger partial charge in [-0.05, 0) is 33.0 Å². The maximum absolute atomic E-state index is 5.40. The smallest absolute Gasteiger partial charge is 0.245 e. The number of para-hydroxylation sites is 2. The highest BCUT2D eigenvalue weighted by Crippen LogP contribution is 2.24. The quantitative estimate of drug-likeness (QED) is 0.724. The van der Waals surface area contributed by atoms with Crippen LogP contribution < -0.4 is 0 Å². The number of likely N-dealkylation sites (N-methyl/N-ethyl adjacent to an activating group) is 1. The molecule has 0 unspecified atom stereocenters. The van der Waals surface area contributed by atoms with Gasteiger partial charge in [0.05, 0.1) is 22.4 Å². The van der Waals surface area contributed by atoms with Gasteiger partial charge in [0.2, 0.25) is 5.89 Å². The summed E-state index contributed by atoms with van der Waals surface area (Å²) in [6, 6.07) is 8.12. The number of rotatable bonds is 3. The van der Waals surface area contributed by atoms with Crippen molar-refractivity contribution in [1.29, 1.82) is 0 Å². The molecule has 0 radical (unpaired) electrons. The summed E-state index contributed by atoms with van der Waals surface area (Å²) in [5.41, 5.74) is 3.91. The minimum atomic E-state index is 0.115. The minimum Gasteiger partial charge on any atom is -0.338 e. The number of nitrogens with zero attached hydrogens (tertiary/aromatic N) is 6. The lowest BCUT2D eigenvalue weighted by atomic mass is 10.1. The van der Waals surface area contributed by atoms with Crippen LogP contribution >= 0.6 is 0 Å². The number of benzene rings is 1. The Morgan fingerprint density at radius 1 is 1.08 bits per heavy atom. The maximum Gasteiger partial charge on any atom is 0.245 e. The van der Waals surface area contributed by atoms with Crippen LogP contribution in [-0.4, -0.2) is 56.6 Å². The molecule has 0 N–H and O–H groups in total. The number of hydrogen-bond acceptors (Lipinski definition) is 7. The minimum absolute atomic E-state index is 0.115. The summed E-state index contributed by atoms with van der Waals surface area (Å²) in [5.74, 6) is 1.36. The molecule has 7 nitrogen and oxygen atoms in total. The van der Waals surface area contributed by atoms with Crippen LogP contribution in [0.15, 0.2) is 28.8 Å². The number of piperazine rings is 1. The first kappa shape index (κ1) is 16.1. The van der Waals surface area contributed by atoms with Gasteiger partial charge in [-0.25, -0.2) is 9.97 Å². The van der Waals surface area contributed by atoms with Crippen molar-refractivity contribution in [2.45, 2.75) is 26.4 Å². The lowest BCUT2D eigenvalue weighted by Crippen LogP contribution is -2.46. The first-order valence-electron chi connectivity index (χ1n) is 8.55. The first-order valence-corrected chi connectivity index (χ1v) is 8.55. The van der Waals surface area contributed by atoms with Crippen LogP contribution in [0.3, 0.4) is 0 Å². The Labute approximate surface area is 146 Å². The average molecular weight is 338 g/mol. The topological polar surface area (TPSA) is 71.2 Å². The third-order valence-corrected chi connectivity index (χ3v) is 4.78. The molecule has 1 atom stereocenters. The zero-order chi connectivity index (χ0) is 17.4. The summed E-state index contributed by atoms with van der Waals surface area (Å²) >= 11 is 0. The van der Waals surface area contributed by atoms with Gasteiger partial charge >= 0.3 is 0 Å². The molecule has 1 fully saturated rings. The number of hydrogen-bond donors (Lipinski definition) is 0. The molecule has 1 saturated heterocycles. The molecule has 1 aliphatic rings. The van der Waals surface area contributed by atoms with Gasteiger partial charge in [-0.2, -0.15) is 4.98 Å². The third kappa shape index (κ3) is 3.25. The van der Waals surface area contributed by atoms with Crippen molar-refractivity contribution in [3.05, 3.63) is 47.4 Å². The molecule has 130 valence electrons. The Hall–Kier alpha value is -2.38. The van der Waals surface area contributed by atoms with E-state index in [1.165, 1.54) is 0 Å². The Morgan fingerprint density at radius 3 is 2.56 bits per heavy atom. The van der Waals surface area contributed by atoms with E-state index in [2.05, 4.69) is 27.0 Å². The van der Waals surface area contributed by atoms with E-state index in [1.807, 2.05) is 38.1 Å². The van der Waals surface area contributed by atoms with E-state index in [9.17, 15) is 0 Å². The molecule has 3 heterocycles. The van der Waals surface area contributed by atoms with Crippen molar-refractivity contribution in [1.82, 2.24) is 29.9 Å². The number of fused-ring (bicyclic) bond motifs is 1. The average Bonchev–Trinajstić information content (AvgIpc) is 3.03. The highest BCUT2D eigenvalue weighted by Gasteiger charge is 2.30. The second-order valence-corrected chi connectivity index (χ2v) is 6.66. The molecule has 4 rings (SSSR count). The molecule has 0 amide bonds. The Balaban J connectivity index is 1.55. The standard InChI is InChI=1S/C18H22N6O/c1-12-16(21-15-7-5-4-6-14(15)19-12)10-24-9-8-23(3)17(11-24)18-20-13(2)22-25-18/h4-7,17H,8-11H2,1-3H3/t17-/m1/s1. The van der Waals surface area contributed by atoms with Crippen LogP contribution in [0.2, 0.25) is 0 Å². The van der Waals surface area contributed by atoms with Gasteiger partial charge in [-0.1, -0.05) is 17.3 Å². The SMILES string of the molecule is Cc1noc([C@H]2CN(Cc3nc4ccccc4nc3C)CCN2C)n1. The lowest BCUT2D eigenvalue weighted by molar-refractivity contribution is 0.0706. The molecule has 7 heteroatoms. The first-order chi connectivity index (χ1) is 12.1. The van der Waals surface area contributed by atoms with Gasteiger partial charge in [0.25, 0.3) is 0 Å². The van der Waals surface area contributed by atoms with E-state index in [4.69, 9.17) is 14.5 Å². The predicted molar refractivity (Wildman–Crippen MR) is 94.0 cm³/mol. The van der Waals surface area contributed by atoms with Crippen molar-refractivity contribution in [3.8, 4) is 0 Å². The van der Waals surface area contributed by atoms with Crippen molar-refractivity contribution in [2.75, 3.05) is 26.7 Å². The Bertz CT molecular complexity index is 892. The van der Waals surface area contributed by atoms with Gasteiger partial charge in [0, 0.05) is 26.2 Å². The van der Waals surface area contributed by atoms with Crippen LogP contribution in [0.25, 0.3) is 11.0 Å². The molecule has 2 aromatic heterocycles.